The predicted molar refractivity (Wildman–Crippen MR) is 83.6 cm³/mol. The summed E-state index contributed by atoms with van der Waals surface area (Å²) in [6.07, 6.45) is -4.40. The highest BCUT2D eigenvalue weighted by molar-refractivity contribution is 6.04. The second-order valence-corrected chi connectivity index (χ2v) is 5.05. The smallest absolute Gasteiger partial charge is 0.343 e. The first-order valence-corrected chi connectivity index (χ1v) is 7.13. The van der Waals surface area contributed by atoms with E-state index < -0.39 is 18.6 Å². The Morgan fingerprint density at radius 3 is 2.21 bits per heavy atom. The zero-order valence-electron chi connectivity index (χ0n) is 12.6. The van der Waals surface area contributed by atoms with E-state index in [4.69, 9.17) is 0 Å². The Morgan fingerprint density at radius 1 is 0.917 bits per heavy atom. The Bertz CT molecular complexity index is 715. The fourth-order valence-corrected chi connectivity index (χ4v) is 2.04. The van der Waals surface area contributed by atoms with Crippen molar-refractivity contribution in [3.8, 4) is 0 Å². The van der Waals surface area contributed by atoms with Crippen LogP contribution >= 0.6 is 0 Å². The summed E-state index contributed by atoms with van der Waals surface area (Å²) in [5, 5.41) is 4.34. The summed E-state index contributed by atoms with van der Waals surface area (Å²) in [6.45, 7) is -1.43. The maximum absolute atomic E-state index is 12.2. The van der Waals surface area contributed by atoms with E-state index in [1.807, 2.05) is 6.07 Å². The first kappa shape index (κ1) is 17.5. The van der Waals surface area contributed by atoms with Gasteiger partial charge in [-0.1, -0.05) is 42.5 Å². The van der Waals surface area contributed by atoms with Gasteiger partial charge in [-0.05, 0) is 17.7 Å². The van der Waals surface area contributed by atoms with Crippen LogP contribution in [0.4, 0.5) is 18.9 Å². The highest BCUT2D eigenvalue weighted by atomic mass is 19.4. The van der Waals surface area contributed by atoms with Crippen LogP contribution in [0, 0.1) is 0 Å². The third-order valence-corrected chi connectivity index (χ3v) is 3.10. The predicted octanol–water partition coefficient (Wildman–Crippen LogP) is 3.16. The lowest BCUT2D eigenvalue weighted by molar-refractivity contribution is -0.123. The molecule has 2 rings (SSSR count). The number of nitrogens with one attached hydrogen (secondary N) is 2. The molecule has 0 aromatic heterocycles. The molecule has 0 radical (unpaired) electrons. The molecule has 0 spiro atoms. The van der Waals surface area contributed by atoms with Crippen molar-refractivity contribution in [3.63, 3.8) is 0 Å². The lowest BCUT2D eigenvalue weighted by Gasteiger charge is -2.12. The summed E-state index contributed by atoms with van der Waals surface area (Å²) >= 11 is 0. The van der Waals surface area contributed by atoms with E-state index in [2.05, 4.69) is 5.32 Å². The van der Waals surface area contributed by atoms with Gasteiger partial charge in [-0.2, -0.15) is 13.2 Å². The van der Waals surface area contributed by atoms with Gasteiger partial charge in [0.25, 0.3) is 5.91 Å². The number of amides is 2. The number of rotatable bonds is 5. The summed E-state index contributed by atoms with van der Waals surface area (Å²) in [6, 6.07) is 14.9. The molecular formula is C17H15F3N2O2. The summed E-state index contributed by atoms with van der Waals surface area (Å²) in [5.74, 6) is -1.26. The first-order valence-electron chi connectivity index (χ1n) is 7.13. The molecule has 0 unspecified atom stereocenters. The second kappa shape index (κ2) is 7.63. The number of carbonyl (C=O) groups excluding carboxylic acids is 2. The summed E-state index contributed by atoms with van der Waals surface area (Å²) < 4.78 is 36.6. The van der Waals surface area contributed by atoms with Gasteiger partial charge >= 0.3 is 6.18 Å². The van der Waals surface area contributed by atoms with E-state index in [1.165, 1.54) is 18.2 Å². The van der Waals surface area contributed by atoms with E-state index in [9.17, 15) is 22.8 Å². The monoisotopic (exact) mass is 336 g/mol. The fraction of sp³-hybridized carbons (Fsp3) is 0.176. The Balaban J connectivity index is 2.05. The molecule has 2 aromatic carbocycles. The van der Waals surface area contributed by atoms with Crippen molar-refractivity contribution in [2.75, 3.05) is 11.9 Å². The van der Waals surface area contributed by atoms with E-state index >= 15 is 0 Å². The van der Waals surface area contributed by atoms with Crippen LogP contribution in [0.5, 0.6) is 0 Å². The maximum atomic E-state index is 12.2. The van der Waals surface area contributed by atoms with Crippen LogP contribution in [0.2, 0.25) is 0 Å². The third-order valence-electron chi connectivity index (χ3n) is 3.10. The zero-order chi connectivity index (χ0) is 17.6. The molecule has 7 heteroatoms. The van der Waals surface area contributed by atoms with Crippen LogP contribution in [0.1, 0.15) is 15.9 Å². The SMILES string of the molecule is O=C(Cc1ccccc1)Nc1ccccc1C(=O)NCC(F)(F)F. The lowest BCUT2D eigenvalue weighted by atomic mass is 10.1. The molecule has 4 nitrogen and oxygen atoms in total. The highest BCUT2D eigenvalue weighted by Gasteiger charge is 2.28. The van der Waals surface area contributed by atoms with Gasteiger partial charge in [-0.25, -0.2) is 0 Å². The Hall–Kier alpha value is -2.83. The standard InChI is InChI=1S/C17H15F3N2O2/c18-17(19,20)11-21-16(24)13-8-4-5-9-14(13)22-15(23)10-12-6-2-1-3-7-12/h1-9H,10-11H2,(H,21,24)(H,22,23). The summed E-state index contributed by atoms with van der Waals surface area (Å²) in [4.78, 5) is 23.9. The van der Waals surface area contributed by atoms with Crippen LogP contribution in [0.3, 0.4) is 0 Å². The molecule has 0 aliphatic heterocycles. The quantitative estimate of drug-likeness (QED) is 0.881. The number of hydrogen-bond donors (Lipinski definition) is 2. The molecule has 126 valence electrons. The molecule has 0 atom stereocenters. The fourth-order valence-electron chi connectivity index (χ4n) is 2.04. The van der Waals surface area contributed by atoms with Crippen LogP contribution in [-0.2, 0) is 11.2 Å². The van der Waals surface area contributed by atoms with Crippen molar-refractivity contribution < 1.29 is 22.8 Å². The van der Waals surface area contributed by atoms with E-state index in [0.717, 1.165) is 5.56 Å². The van der Waals surface area contributed by atoms with Gasteiger partial charge in [0.1, 0.15) is 6.54 Å². The van der Waals surface area contributed by atoms with Gasteiger partial charge in [0.15, 0.2) is 0 Å². The number of benzene rings is 2. The van der Waals surface area contributed by atoms with Gasteiger partial charge in [-0.15, -0.1) is 0 Å². The van der Waals surface area contributed by atoms with Crippen LogP contribution in [-0.4, -0.2) is 24.5 Å². The summed E-state index contributed by atoms with van der Waals surface area (Å²) in [5.41, 5.74) is 0.926. The minimum atomic E-state index is -4.50. The number of alkyl halides is 3. The molecule has 0 heterocycles. The topological polar surface area (TPSA) is 58.2 Å². The normalized spacial score (nSPS) is 11.0. The summed E-state index contributed by atoms with van der Waals surface area (Å²) in [7, 11) is 0. The van der Waals surface area contributed by atoms with Crippen molar-refractivity contribution in [2.45, 2.75) is 12.6 Å². The van der Waals surface area contributed by atoms with E-state index in [0.29, 0.717) is 0 Å². The minimum absolute atomic E-state index is 0.0249. The van der Waals surface area contributed by atoms with Crippen molar-refractivity contribution in [1.82, 2.24) is 5.32 Å². The van der Waals surface area contributed by atoms with Gasteiger partial charge in [0.05, 0.1) is 17.7 Å². The minimum Gasteiger partial charge on any atom is -0.343 e. The number of para-hydroxylation sites is 1. The molecule has 0 bridgehead atoms. The molecule has 2 amide bonds. The molecule has 0 saturated heterocycles. The van der Waals surface area contributed by atoms with E-state index in [-0.39, 0.29) is 23.6 Å². The van der Waals surface area contributed by atoms with Crippen LogP contribution in [0.15, 0.2) is 54.6 Å². The van der Waals surface area contributed by atoms with Crippen molar-refractivity contribution >= 4 is 17.5 Å². The average Bonchev–Trinajstić information content (AvgIpc) is 2.53. The molecule has 24 heavy (non-hydrogen) atoms. The Morgan fingerprint density at radius 2 is 1.54 bits per heavy atom. The third kappa shape index (κ3) is 5.42. The average molecular weight is 336 g/mol. The van der Waals surface area contributed by atoms with Gasteiger partial charge < -0.3 is 10.6 Å². The molecule has 0 saturated carbocycles. The molecule has 2 N–H and O–H groups in total. The highest BCUT2D eigenvalue weighted by Crippen LogP contribution is 2.17. The largest absolute Gasteiger partial charge is 0.405 e. The van der Waals surface area contributed by atoms with Gasteiger partial charge in [0.2, 0.25) is 5.91 Å². The first-order chi connectivity index (χ1) is 11.3. The number of carbonyl (C=O) groups is 2. The van der Waals surface area contributed by atoms with Crippen LogP contribution < -0.4 is 10.6 Å². The van der Waals surface area contributed by atoms with E-state index in [1.54, 1.807) is 35.6 Å². The Kier molecular flexibility index (Phi) is 5.57. The zero-order valence-corrected chi connectivity index (χ0v) is 12.6. The molecule has 0 aliphatic rings. The van der Waals surface area contributed by atoms with Gasteiger partial charge in [-0.3, -0.25) is 9.59 Å². The Labute approximate surface area is 136 Å². The van der Waals surface area contributed by atoms with Crippen LogP contribution in [0.25, 0.3) is 0 Å². The van der Waals surface area contributed by atoms with Crippen molar-refractivity contribution in [2.24, 2.45) is 0 Å². The number of anilines is 1. The molecule has 2 aromatic rings. The second-order valence-electron chi connectivity index (χ2n) is 5.05. The number of hydrogen-bond acceptors (Lipinski definition) is 2. The molecule has 0 fully saturated rings. The lowest BCUT2D eigenvalue weighted by Crippen LogP contribution is -2.34. The van der Waals surface area contributed by atoms with Gasteiger partial charge in [0, 0.05) is 0 Å². The van der Waals surface area contributed by atoms with Crippen molar-refractivity contribution in [1.29, 1.82) is 0 Å². The molecule has 0 aliphatic carbocycles. The number of halogens is 3. The molecular weight excluding hydrogens is 321 g/mol. The van der Waals surface area contributed by atoms with Crippen molar-refractivity contribution in [3.05, 3.63) is 65.7 Å². The maximum Gasteiger partial charge on any atom is 0.405 e.